The van der Waals surface area contributed by atoms with Gasteiger partial charge in [0.2, 0.25) is 5.91 Å². The zero-order chi connectivity index (χ0) is 21.5. The number of rotatable bonds is 6. The largest absolute Gasteiger partial charge is 0.490 e. The molecule has 1 amide bonds. The van der Waals surface area contributed by atoms with Gasteiger partial charge in [-0.2, -0.15) is 0 Å². The molecule has 1 saturated heterocycles. The van der Waals surface area contributed by atoms with Gasteiger partial charge in [-0.3, -0.25) is 9.79 Å². The molecule has 3 aliphatic rings. The highest BCUT2D eigenvalue weighted by Gasteiger charge is 2.31. The lowest BCUT2D eigenvalue weighted by Crippen LogP contribution is -2.45. The van der Waals surface area contributed by atoms with Crippen molar-refractivity contribution in [3.63, 3.8) is 0 Å². The molecule has 0 spiro atoms. The van der Waals surface area contributed by atoms with Crippen molar-refractivity contribution in [2.45, 2.75) is 82.9 Å². The first-order valence-electron chi connectivity index (χ1n) is 12.2. The molecule has 1 unspecified atom stereocenters. The maximum atomic E-state index is 12.8. The number of nitrogens with zero attached hydrogens (tertiary/aromatic N) is 2. The zero-order valence-corrected chi connectivity index (χ0v) is 18.9. The summed E-state index contributed by atoms with van der Waals surface area (Å²) < 4.78 is 6.26. The summed E-state index contributed by atoms with van der Waals surface area (Å²) in [5.74, 6) is 2.38. The molecular weight excluding hydrogens is 388 g/mol. The third-order valence-corrected chi connectivity index (χ3v) is 7.03. The number of aliphatic imine (C=N–C) groups is 1. The smallest absolute Gasteiger partial charge is 0.225 e. The van der Waals surface area contributed by atoms with Crippen LogP contribution < -0.4 is 15.4 Å². The van der Waals surface area contributed by atoms with Gasteiger partial charge in [0.1, 0.15) is 5.75 Å². The van der Waals surface area contributed by atoms with Crippen LogP contribution in [0.5, 0.6) is 5.75 Å². The highest BCUT2D eigenvalue weighted by molar-refractivity contribution is 5.81. The van der Waals surface area contributed by atoms with Gasteiger partial charge in [0.25, 0.3) is 0 Å². The second-order valence-electron chi connectivity index (χ2n) is 9.31. The number of carbonyl (C=O) groups excluding carboxylic acids is 1. The lowest BCUT2D eigenvalue weighted by molar-refractivity contribution is -0.135. The molecule has 1 aromatic rings. The van der Waals surface area contributed by atoms with Gasteiger partial charge in [-0.1, -0.05) is 37.5 Å². The number of hydrogen-bond donors (Lipinski definition) is 2. The Kier molecular flexibility index (Phi) is 7.71. The predicted octanol–water partition coefficient (Wildman–Crippen LogP) is 3.85. The molecule has 1 atom stereocenters. The second-order valence-corrected chi connectivity index (χ2v) is 9.31. The van der Waals surface area contributed by atoms with Crippen LogP contribution in [0.2, 0.25) is 0 Å². The summed E-state index contributed by atoms with van der Waals surface area (Å²) in [4.78, 5) is 19.3. The quantitative estimate of drug-likeness (QED) is 0.536. The Bertz CT molecular complexity index is 754. The minimum Gasteiger partial charge on any atom is -0.490 e. The molecule has 1 heterocycles. The summed E-state index contributed by atoms with van der Waals surface area (Å²) in [5, 5.41) is 6.96. The van der Waals surface area contributed by atoms with Crippen LogP contribution in [0.4, 0.5) is 0 Å². The standard InChI is InChI=1S/C25H38N4O2/c1-26-25(27-17-20-11-5-8-14-23(20)31-22-12-6-7-13-22)28-21-15-16-29(18-21)24(30)19-9-3-2-4-10-19/h5,8,11,14,19,21-22H,2-4,6-7,9-10,12-13,15-18H2,1H3,(H2,26,27,28). The van der Waals surface area contributed by atoms with Gasteiger partial charge in [-0.15, -0.1) is 0 Å². The Morgan fingerprint density at radius 1 is 1.06 bits per heavy atom. The molecule has 2 saturated carbocycles. The Hall–Kier alpha value is -2.24. The van der Waals surface area contributed by atoms with E-state index in [0.717, 1.165) is 62.5 Å². The third kappa shape index (κ3) is 5.92. The van der Waals surface area contributed by atoms with Gasteiger partial charge >= 0.3 is 0 Å². The number of likely N-dealkylation sites (tertiary alicyclic amines) is 1. The molecule has 2 N–H and O–H groups in total. The Morgan fingerprint density at radius 2 is 1.81 bits per heavy atom. The van der Waals surface area contributed by atoms with E-state index >= 15 is 0 Å². The third-order valence-electron chi connectivity index (χ3n) is 7.03. The number of guanidine groups is 1. The fourth-order valence-electron chi connectivity index (χ4n) is 5.20. The van der Waals surface area contributed by atoms with Crippen LogP contribution in [0.3, 0.4) is 0 Å². The first-order chi connectivity index (χ1) is 15.2. The van der Waals surface area contributed by atoms with E-state index in [1.54, 1.807) is 7.05 Å². The number of ether oxygens (including phenoxy) is 1. The van der Waals surface area contributed by atoms with Crippen molar-refractivity contribution >= 4 is 11.9 Å². The molecule has 0 bridgehead atoms. The van der Waals surface area contributed by atoms with Crippen LogP contribution in [0, 0.1) is 5.92 Å². The molecule has 1 aliphatic heterocycles. The normalized spacial score (nSPS) is 23.2. The topological polar surface area (TPSA) is 66.0 Å². The van der Waals surface area contributed by atoms with Gasteiger partial charge < -0.3 is 20.3 Å². The summed E-state index contributed by atoms with van der Waals surface area (Å²) in [6.07, 6.45) is 12.0. The molecule has 0 radical (unpaired) electrons. The van der Waals surface area contributed by atoms with Gasteiger partial charge in [0.05, 0.1) is 6.10 Å². The van der Waals surface area contributed by atoms with Crippen molar-refractivity contribution < 1.29 is 9.53 Å². The summed E-state index contributed by atoms with van der Waals surface area (Å²) in [6, 6.07) is 8.53. The van der Waals surface area contributed by atoms with E-state index in [1.165, 1.54) is 32.1 Å². The first-order valence-corrected chi connectivity index (χ1v) is 12.2. The van der Waals surface area contributed by atoms with Crippen LogP contribution in [0.1, 0.15) is 69.8 Å². The number of benzene rings is 1. The highest BCUT2D eigenvalue weighted by Crippen LogP contribution is 2.28. The van der Waals surface area contributed by atoms with Crippen molar-refractivity contribution in [2.75, 3.05) is 20.1 Å². The fourth-order valence-corrected chi connectivity index (χ4v) is 5.20. The van der Waals surface area contributed by atoms with Crippen LogP contribution >= 0.6 is 0 Å². The first kappa shape index (κ1) is 22.0. The van der Waals surface area contributed by atoms with Crippen LogP contribution in [-0.2, 0) is 11.3 Å². The summed E-state index contributed by atoms with van der Waals surface area (Å²) >= 11 is 0. The van der Waals surface area contributed by atoms with Crippen molar-refractivity contribution in [2.24, 2.45) is 10.9 Å². The SMILES string of the molecule is CN=C(NCc1ccccc1OC1CCCC1)NC1CCN(C(=O)C2CCCCC2)C1. The molecule has 6 nitrogen and oxygen atoms in total. The zero-order valence-electron chi connectivity index (χ0n) is 18.9. The molecule has 170 valence electrons. The number of nitrogens with one attached hydrogen (secondary N) is 2. The summed E-state index contributed by atoms with van der Waals surface area (Å²) in [5.41, 5.74) is 1.15. The van der Waals surface area contributed by atoms with E-state index in [2.05, 4.69) is 38.7 Å². The van der Waals surface area contributed by atoms with Crippen molar-refractivity contribution in [1.82, 2.24) is 15.5 Å². The van der Waals surface area contributed by atoms with Gasteiger partial charge in [0.15, 0.2) is 5.96 Å². The summed E-state index contributed by atoms with van der Waals surface area (Å²) in [6.45, 7) is 2.29. The van der Waals surface area contributed by atoms with Gasteiger partial charge in [-0.25, -0.2) is 0 Å². The van der Waals surface area contributed by atoms with Crippen LogP contribution in [0.25, 0.3) is 0 Å². The van der Waals surface area contributed by atoms with Crippen LogP contribution in [-0.4, -0.2) is 49.0 Å². The van der Waals surface area contributed by atoms with E-state index in [0.29, 0.717) is 18.6 Å². The number of hydrogen-bond acceptors (Lipinski definition) is 3. The molecular formula is C25H38N4O2. The molecule has 6 heteroatoms. The average Bonchev–Trinajstić information content (AvgIpc) is 3.50. The lowest BCUT2D eigenvalue weighted by atomic mass is 9.88. The van der Waals surface area contributed by atoms with Gasteiger partial charge in [0, 0.05) is 44.2 Å². The Labute approximate surface area is 186 Å². The molecule has 1 aromatic carbocycles. The van der Waals surface area contributed by atoms with E-state index < -0.39 is 0 Å². The van der Waals surface area contributed by atoms with E-state index in [4.69, 9.17) is 4.74 Å². The maximum Gasteiger partial charge on any atom is 0.225 e. The second kappa shape index (κ2) is 10.9. The maximum absolute atomic E-state index is 12.8. The molecule has 2 aliphatic carbocycles. The molecule has 3 fully saturated rings. The molecule has 31 heavy (non-hydrogen) atoms. The van der Waals surface area contributed by atoms with Crippen LogP contribution in [0.15, 0.2) is 29.3 Å². The lowest BCUT2D eigenvalue weighted by Gasteiger charge is -2.26. The van der Waals surface area contributed by atoms with E-state index in [1.807, 2.05) is 6.07 Å². The fraction of sp³-hybridized carbons (Fsp3) is 0.680. The van der Waals surface area contributed by atoms with Gasteiger partial charge in [-0.05, 0) is 51.0 Å². The minimum atomic E-state index is 0.251. The molecule has 0 aromatic heterocycles. The van der Waals surface area contributed by atoms with E-state index in [-0.39, 0.29) is 12.0 Å². The Balaban J connectivity index is 1.26. The monoisotopic (exact) mass is 426 g/mol. The van der Waals surface area contributed by atoms with E-state index in [9.17, 15) is 4.79 Å². The Morgan fingerprint density at radius 3 is 2.58 bits per heavy atom. The molecule has 4 rings (SSSR count). The highest BCUT2D eigenvalue weighted by atomic mass is 16.5. The number of amides is 1. The summed E-state index contributed by atoms with van der Waals surface area (Å²) in [7, 11) is 1.80. The number of para-hydroxylation sites is 1. The average molecular weight is 427 g/mol. The van der Waals surface area contributed by atoms with Crippen molar-refractivity contribution in [3.8, 4) is 5.75 Å². The van der Waals surface area contributed by atoms with Crippen molar-refractivity contribution in [1.29, 1.82) is 0 Å². The predicted molar refractivity (Wildman–Crippen MR) is 124 cm³/mol. The van der Waals surface area contributed by atoms with Crippen molar-refractivity contribution in [3.05, 3.63) is 29.8 Å². The number of carbonyl (C=O) groups is 1. The minimum absolute atomic E-state index is 0.251.